The molecule has 0 bridgehead atoms. The molecule has 1 aromatic heterocycles. The lowest BCUT2D eigenvalue weighted by molar-refractivity contribution is -0.134. The van der Waals surface area contributed by atoms with Gasteiger partial charge in [-0.25, -0.2) is 0 Å². The van der Waals surface area contributed by atoms with Crippen LogP contribution in [0.15, 0.2) is 42.6 Å². The third kappa shape index (κ3) is 4.70. The fourth-order valence-electron chi connectivity index (χ4n) is 3.95. The van der Waals surface area contributed by atoms with Gasteiger partial charge in [0, 0.05) is 34.0 Å². The van der Waals surface area contributed by atoms with Crippen molar-refractivity contribution in [3.8, 4) is 0 Å². The lowest BCUT2D eigenvalue weighted by atomic mass is 9.83. The molecule has 1 fully saturated rings. The molecule has 1 atom stereocenters. The highest BCUT2D eigenvalue weighted by Gasteiger charge is 2.32. The number of nitrogens with one attached hydrogen (secondary N) is 2. The van der Waals surface area contributed by atoms with Crippen LogP contribution in [0.1, 0.15) is 49.3 Å². The van der Waals surface area contributed by atoms with Gasteiger partial charge in [-0.05, 0) is 61.7 Å². The second-order valence-electron chi connectivity index (χ2n) is 8.59. The fraction of sp³-hybridized carbons (Fsp3) is 0.292. The number of aromatic nitrogens is 2. The first-order valence-electron chi connectivity index (χ1n) is 10.5. The van der Waals surface area contributed by atoms with Crippen LogP contribution in [0.2, 0.25) is 10.0 Å². The molecule has 170 valence electrons. The third-order valence-electron chi connectivity index (χ3n) is 5.98. The molecule has 0 radical (unpaired) electrons. The van der Waals surface area contributed by atoms with E-state index in [1.165, 1.54) is 0 Å². The summed E-state index contributed by atoms with van der Waals surface area (Å²) in [5.74, 6) is -1.45. The molecule has 3 amide bonds. The number of benzene rings is 2. The van der Waals surface area contributed by atoms with Crippen molar-refractivity contribution in [1.82, 2.24) is 20.8 Å². The number of rotatable bonds is 5. The Labute approximate surface area is 200 Å². The van der Waals surface area contributed by atoms with Gasteiger partial charge in [-0.15, -0.1) is 0 Å². The summed E-state index contributed by atoms with van der Waals surface area (Å²) in [5.41, 5.74) is 2.03. The summed E-state index contributed by atoms with van der Waals surface area (Å²) in [6.07, 6.45) is 2.20. The molecule has 1 aliphatic heterocycles. The van der Waals surface area contributed by atoms with E-state index in [4.69, 9.17) is 23.2 Å². The average Bonchev–Trinajstić information content (AvgIpc) is 2.78. The second-order valence-corrected chi connectivity index (χ2v) is 9.40. The van der Waals surface area contributed by atoms with Crippen molar-refractivity contribution in [1.29, 1.82) is 0 Å². The van der Waals surface area contributed by atoms with Crippen LogP contribution >= 0.6 is 23.2 Å². The molecule has 0 aliphatic carbocycles. The number of carbonyl (C=O) groups is 3. The summed E-state index contributed by atoms with van der Waals surface area (Å²) in [6.45, 7) is 3.92. The summed E-state index contributed by atoms with van der Waals surface area (Å²) < 4.78 is 0. The monoisotopic (exact) mass is 484 g/mol. The van der Waals surface area contributed by atoms with Gasteiger partial charge in [-0.3, -0.25) is 19.7 Å². The first-order valence-corrected chi connectivity index (χ1v) is 11.2. The van der Waals surface area contributed by atoms with Crippen LogP contribution in [0.25, 0.3) is 10.9 Å². The summed E-state index contributed by atoms with van der Waals surface area (Å²) in [6, 6.07) is 10.9. The van der Waals surface area contributed by atoms with E-state index in [2.05, 4.69) is 20.8 Å². The number of piperidine rings is 1. The Kier molecular flexibility index (Phi) is 6.36. The molecule has 4 rings (SSSR count). The first-order chi connectivity index (χ1) is 15.7. The van der Waals surface area contributed by atoms with Crippen LogP contribution in [0.3, 0.4) is 0 Å². The molecule has 33 heavy (non-hydrogen) atoms. The Hall–Kier alpha value is -3.03. The molecule has 2 heterocycles. The van der Waals surface area contributed by atoms with E-state index in [1.807, 2.05) is 38.1 Å². The van der Waals surface area contributed by atoms with Gasteiger partial charge >= 0.3 is 0 Å². The van der Waals surface area contributed by atoms with Crippen LogP contribution in [0.5, 0.6) is 0 Å². The summed E-state index contributed by atoms with van der Waals surface area (Å²) >= 11 is 12.9. The summed E-state index contributed by atoms with van der Waals surface area (Å²) in [7, 11) is 0. The molecule has 9 heteroatoms. The number of hydrogen-bond donors (Lipinski definition) is 2. The van der Waals surface area contributed by atoms with Crippen molar-refractivity contribution in [3.63, 3.8) is 0 Å². The maximum Gasteiger partial charge on any atom is 0.234 e. The highest BCUT2D eigenvalue weighted by Crippen LogP contribution is 2.37. The lowest BCUT2D eigenvalue weighted by Crippen LogP contribution is -2.40. The number of halogens is 2. The minimum atomic E-state index is -0.794. The molecular formula is C24H22Cl2N4O3. The van der Waals surface area contributed by atoms with Gasteiger partial charge < -0.3 is 5.32 Å². The van der Waals surface area contributed by atoms with E-state index in [9.17, 15) is 14.4 Å². The number of nitrogens with zero attached hydrogens (tertiary/aromatic N) is 2. The highest BCUT2D eigenvalue weighted by molar-refractivity contribution is 6.36. The standard InChI is InChI=1S/C24H22Cl2N4O3/c1-24(2,15-3-5-19-14(11-15)7-8-28-30-19)23(33)27-12-13-9-17(25)21(18(26)10-13)16-4-6-20(31)29-22(16)32/h3,5,7-11,16H,4,6,12H2,1-2H3,(H,27,33)(H,29,31,32). The SMILES string of the molecule is CC(C)(C(=O)NCc1cc(Cl)c(C2CCC(=O)NC2=O)c(Cl)c1)c1ccc2nnccc2c1. The normalized spacial score (nSPS) is 16.5. The van der Waals surface area contributed by atoms with E-state index in [1.54, 1.807) is 18.3 Å². The molecule has 1 unspecified atom stereocenters. The van der Waals surface area contributed by atoms with E-state index < -0.39 is 17.2 Å². The van der Waals surface area contributed by atoms with Crippen molar-refractivity contribution >= 4 is 51.8 Å². The predicted molar refractivity (Wildman–Crippen MR) is 126 cm³/mol. The smallest absolute Gasteiger partial charge is 0.234 e. The van der Waals surface area contributed by atoms with Crippen molar-refractivity contribution < 1.29 is 14.4 Å². The Balaban J connectivity index is 1.49. The maximum atomic E-state index is 13.0. The second kappa shape index (κ2) is 9.08. The first kappa shape index (κ1) is 23.1. The van der Waals surface area contributed by atoms with E-state index >= 15 is 0 Å². The molecule has 7 nitrogen and oxygen atoms in total. The van der Waals surface area contributed by atoms with Crippen LogP contribution in [0.4, 0.5) is 0 Å². The van der Waals surface area contributed by atoms with Crippen LogP contribution in [-0.4, -0.2) is 27.9 Å². The lowest BCUT2D eigenvalue weighted by Gasteiger charge is -2.25. The van der Waals surface area contributed by atoms with Gasteiger partial charge in [0.25, 0.3) is 0 Å². The molecule has 2 N–H and O–H groups in total. The Bertz CT molecular complexity index is 1250. The van der Waals surface area contributed by atoms with Crippen molar-refractivity contribution in [2.24, 2.45) is 0 Å². The van der Waals surface area contributed by atoms with Crippen molar-refractivity contribution in [2.45, 2.75) is 44.6 Å². The molecule has 1 saturated heterocycles. The zero-order valence-corrected chi connectivity index (χ0v) is 19.6. The third-order valence-corrected chi connectivity index (χ3v) is 6.61. The molecular weight excluding hydrogens is 463 g/mol. The number of carbonyl (C=O) groups excluding carboxylic acids is 3. The number of fused-ring (bicyclic) bond motifs is 1. The van der Waals surface area contributed by atoms with Gasteiger partial charge in [-0.1, -0.05) is 29.3 Å². The topological polar surface area (TPSA) is 101 Å². The molecule has 2 aromatic carbocycles. The zero-order valence-electron chi connectivity index (χ0n) is 18.1. The minimum absolute atomic E-state index is 0.162. The largest absolute Gasteiger partial charge is 0.351 e. The van der Waals surface area contributed by atoms with Gasteiger partial charge in [0.2, 0.25) is 17.7 Å². The van der Waals surface area contributed by atoms with E-state index in [-0.39, 0.29) is 24.8 Å². The minimum Gasteiger partial charge on any atom is -0.351 e. The Morgan fingerprint density at radius 1 is 1.15 bits per heavy atom. The maximum absolute atomic E-state index is 13.0. The summed E-state index contributed by atoms with van der Waals surface area (Å²) in [5, 5.41) is 14.8. The van der Waals surface area contributed by atoms with E-state index in [0.29, 0.717) is 27.6 Å². The van der Waals surface area contributed by atoms with Gasteiger partial charge in [0.05, 0.1) is 23.0 Å². The van der Waals surface area contributed by atoms with E-state index in [0.717, 1.165) is 16.5 Å². The average molecular weight is 485 g/mol. The Morgan fingerprint density at radius 2 is 1.88 bits per heavy atom. The fourth-order valence-corrected chi connectivity index (χ4v) is 4.75. The predicted octanol–water partition coefficient (Wildman–Crippen LogP) is 4.05. The number of amides is 3. The van der Waals surface area contributed by atoms with Crippen LogP contribution in [-0.2, 0) is 26.3 Å². The Morgan fingerprint density at radius 3 is 2.58 bits per heavy atom. The molecule has 0 saturated carbocycles. The molecule has 3 aromatic rings. The number of imide groups is 1. The summed E-state index contributed by atoms with van der Waals surface area (Å²) in [4.78, 5) is 36.7. The molecule has 0 spiro atoms. The van der Waals surface area contributed by atoms with Gasteiger partial charge in [0.1, 0.15) is 0 Å². The number of hydrogen-bond acceptors (Lipinski definition) is 5. The van der Waals surface area contributed by atoms with Crippen molar-refractivity contribution in [2.75, 3.05) is 0 Å². The van der Waals surface area contributed by atoms with Crippen molar-refractivity contribution in [3.05, 3.63) is 69.3 Å². The highest BCUT2D eigenvalue weighted by atomic mass is 35.5. The quantitative estimate of drug-likeness (QED) is 0.531. The van der Waals surface area contributed by atoms with Gasteiger partial charge in [-0.2, -0.15) is 10.2 Å². The molecule has 1 aliphatic rings. The van der Waals surface area contributed by atoms with Crippen LogP contribution < -0.4 is 10.6 Å². The van der Waals surface area contributed by atoms with Crippen LogP contribution in [0, 0.1) is 0 Å². The zero-order chi connectivity index (χ0) is 23.8. The van der Waals surface area contributed by atoms with Gasteiger partial charge in [0.15, 0.2) is 0 Å².